The van der Waals surface area contributed by atoms with E-state index >= 15 is 0 Å². The predicted molar refractivity (Wildman–Crippen MR) is 94.3 cm³/mol. The second kappa shape index (κ2) is 7.49. The fourth-order valence-electron chi connectivity index (χ4n) is 3.76. The lowest BCUT2D eigenvalue weighted by Crippen LogP contribution is -2.58. The Hall–Kier alpha value is -1.66. The molecule has 0 bridgehead atoms. The fourth-order valence-corrected chi connectivity index (χ4v) is 3.76. The number of rotatable bonds is 2. The summed E-state index contributed by atoms with van der Waals surface area (Å²) in [6.45, 7) is 10.4. The Balaban J connectivity index is 1.58. The number of hydrogen-bond donors (Lipinski definition) is 1. The van der Waals surface area contributed by atoms with Crippen molar-refractivity contribution in [1.29, 1.82) is 0 Å². The average molecular weight is 332 g/mol. The van der Waals surface area contributed by atoms with Gasteiger partial charge in [-0.3, -0.25) is 10.2 Å². The molecule has 3 rings (SSSR count). The highest BCUT2D eigenvalue weighted by Gasteiger charge is 2.31. The molecule has 2 saturated heterocycles. The SMILES string of the molecule is Cc1cc(C)nc(NC(=O)N2CCN(C3CCOCC3)C[C@@H]2C)c1. The monoisotopic (exact) mass is 332 g/mol. The van der Waals surface area contributed by atoms with Gasteiger partial charge in [0.25, 0.3) is 0 Å². The second-order valence-electron chi connectivity index (χ2n) is 6.98. The molecule has 1 atom stereocenters. The molecule has 3 heterocycles. The van der Waals surface area contributed by atoms with Gasteiger partial charge in [0.15, 0.2) is 0 Å². The quantitative estimate of drug-likeness (QED) is 0.904. The number of hydrogen-bond acceptors (Lipinski definition) is 4. The Labute approximate surface area is 144 Å². The van der Waals surface area contributed by atoms with Crippen LogP contribution in [0.15, 0.2) is 12.1 Å². The Bertz CT molecular complexity index is 566. The van der Waals surface area contributed by atoms with E-state index in [0.717, 1.165) is 56.9 Å². The van der Waals surface area contributed by atoms with Crippen molar-refractivity contribution in [2.45, 2.75) is 45.7 Å². The number of pyridine rings is 1. The molecule has 0 radical (unpaired) electrons. The maximum atomic E-state index is 12.6. The van der Waals surface area contributed by atoms with Crippen molar-refractivity contribution in [2.75, 3.05) is 38.2 Å². The van der Waals surface area contributed by atoms with Crippen LogP contribution in [0.3, 0.4) is 0 Å². The summed E-state index contributed by atoms with van der Waals surface area (Å²) in [4.78, 5) is 21.5. The van der Waals surface area contributed by atoms with Crippen LogP contribution in [0.25, 0.3) is 0 Å². The van der Waals surface area contributed by atoms with Gasteiger partial charge in [-0.1, -0.05) is 0 Å². The van der Waals surface area contributed by atoms with Crippen LogP contribution in [0, 0.1) is 13.8 Å². The molecule has 6 heteroatoms. The number of aromatic nitrogens is 1. The van der Waals surface area contributed by atoms with Crippen LogP contribution in [0.2, 0.25) is 0 Å². The van der Waals surface area contributed by atoms with Crippen LogP contribution < -0.4 is 5.32 Å². The van der Waals surface area contributed by atoms with Crippen LogP contribution in [-0.2, 0) is 4.74 Å². The number of carbonyl (C=O) groups excluding carboxylic acids is 1. The van der Waals surface area contributed by atoms with Gasteiger partial charge in [0.05, 0.1) is 0 Å². The van der Waals surface area contributed by atoms with E-state index in [4.69, 9.17) is 4.74 Å². The molecule has 2 fully saturated rings. The minimum absolute atomic E-state index is 0.0494. The summed E-state index contributed by atoms with van der Waals surface area (Å²) < 4.78 is 5.45. The maximum Gasteiger partial charge on any atom is 0.323 e. The molecular formula is C18H28N4O2. The molecule has 1 aromatic rings. The second-order valence-corrected chi connectivity index (χ2v) is 6.98. The van der Waals surface area contributed by atoms with Gasteiger partial charge in [-0.05, 0) is 51.3 Å². The van der Waals surface area contributed by atoms with Gasteiger partial charge in [-0.25, -0.2) is 9.78 Å². The summed E-state index contributed by atoms with van der Waals surface area (Å²) in [7, 11) is 0. The zero-order chi connectivity index (χ0) is 17.1. The van der Waals surface area contributed by atoms with Crippen molar-refractivity contribution in [3.63, 3.8) is 0 Å². The van der Waals surface area contributed by atoms with Gasteiger partial charge >= 0.3 is 6.03 Å². The van der Waals surface area contributed by atoms with Gasteiger partial charge in [-0.2, -0.15) is 0 Å². The number of nitrogens with one attached hydrogen (secondary N) is 1. The summed E-state index contributed by atoms with van der Waals surface area (Å²) in [5, 5.41) is 2.96. The number of urea groups is 1. The van der Waals surface area contributed by atoms with E-state index in [1.807, 2.05) is 30.9 Å². The average Bonchev–Trinajstić information content (AvgIpc) is 2.54. The Morgan fingerprint density at radius 3 is 2.67 bits per heavy atom. The number of anilines is 1. The van der Waals surface area contributed by atoms with E-state index in [2.05, 4.69) is 22.1 Å². The van der Waals surface area contributed by atoms with Crippen LogP contribution in [0.4, 0.5) is 10.6 Å². The van der Waals surface area contributed by atoms with E-state index in [-0.39, 0.29) is 12.1 Å². The van der Waals surface area contributed by atoms with Gasteiger partial charge in [-0.15, -0.1) is 0 Å². The fraction of sp³-hybridized carbons (Fsp3) is 0.667. The molecule has 132 valence electrons. The van der Waals surface area contributed by atoms with E-state index < -0.39 is 0 Å². The summed E-state index contributed by atoms with van der Waals surface area (Å²) >= 11 is 0. The molecule has 0 spiro atoms. The first-order valence-electron chi connectivity index (χ1n) is 8.87. The molecule has 2 amide bonds. The first-order valence-corrected chi connectivity index (χ1v) is 8.87. The van der Waals surface area contributed by atoms with Crippen molar-refractivity contribution in [2.24, 2.45) is 0 Å². The molecule has 1 aromatic heterocycles. The van der Waals surface area contributed by atoms with Gasteiger partial charge in [0.2, 0.25) is 0 Å². The zero-order valence-electron chi connectivity index (χ0n) is 14.9. The van der Waals surface area contributed by atoms with Gasteiger partial charge in [0.1, 0.15) is 5.82 Å². The lowest BCUT2D eigenvalue weighted by Gasteiger charge is -2.44. The van der Waals surface area contributed by atoms with E-state index in [1.165, 1.54) is 0 Å². The minimum Gasteiger partial charge on any atom is -0.381 e. The lowest BCUT2D eigenvalue weighted by atomic mass is 10.0. The molecule has 2 aliphatic heterocycles. The lowest BCUT2D eigenvalue weighted by molar-refractivity contribution is 0.00816. The van der Waals surface area contributed by atoms with Crippen LogP contribution in [-0.4, -0.2) is 65.7 Å². The molecule has 0 aromatic carbocycles. The number of ether oxygens (including phenoxy) is 1. The standard InChI is InChI=1S/C18H28N4O2/c1-13-10-14(2)19-17(11-13)20-18(23)22-7-6-21(12-15(22)3)16-4-8-24-9-5-16/h10-11,15-16H,4-9,12H2,1-3H3,(H,19,20,23)/t15-/m0/s1. The maximum absolute atomic E-state index is 12.6. The zero-order valence-corrected chi connectivity index (χ0v) is 14.9. The van der Waals surface area contributed by atoms with Gasteiger partial charge < -0.3 is 9.64 Å². The largest absolute Gasteiger partial charge is 0.381 e. The molecule has 24 heavy (non-hydrogen) atoms. The highest BCUT2D eigenvalue weighted by atomic mass is 16.5. The van der Waals surface area contributed by atoms with Crippen LogP contribution in [0.5, 0.6) is 0 Å². The van der Waals surface area contributed by atoms with Crippen molar-refractivity contribution in [3.8, 4) is 0 Å². The smallest absolute Gasteiger partial charge is 0.323 e. The van der Waals surface area contributed by atoms with Gasteiger partial charge in [0, 0.05) is 50.6 Å². The van der Waals surface area contributed by atoms with Crippen LogP contribution >= 0.6 is 0 Å². The van der Waals surface area contributed by atoms with Crippen molar-refractivity contribution in [1.82, 2.24) is 14.8 Å². The third kappa shape index (κ3) is 4.05. The topological polar surface area (TPSA) is 57.7 Å². The predicted octanol–water partition coefficient (Wildman–Crippen LogP) is 2.42. The van der Waals surface area contributed by atoms with Crippen molar-refractivity contribution >= 4 is 11.8 Å². The Kier molecular flexibility index (Phi) is 5.36. The van der Waals surface area contributed by atoms with E-state index in [0.29, 0.717) is 11.9 Å². The highest BCUT2D eigenvalue weighted by molar-refractivity contribution is 5.88. The molecular weight excluding hydrogens is 304 g/mol. The summed E-state index contributed by atoms with van der Waals surface area (Å²) in [5.41, 5.74) is 2.03. The first-order chi connectivity index (χ1) is 11.5. The normalized spacial score (nSPS) is 23.3. The molecule has 0 aliphatic carbocycles. The highest BCUT2D eigenvalue weighted by Crippen LogP contribution is 2.20. The molecule has 2 aliphatic rings. The molecule has 0 saturated carbocycles. The minimum atomic E-state index is -0.0494. The third-order valence-electron chi connectivity index (χ3n) is 4.96. The molecule has 1 N–H and O–H groups in total. The summed E-state index contributed by atoms with van der Waals surface area (Å²) in [5.74, 6) is 0.636. The summed E-state index contributed by atoms with van der Waals surface area (Å²) in [6, 6.07) is 4.67. The van der Waals surface area contributed by atoms with E-state index in [1.54, 1.807) is 0 Å². The Morgan fingerprint density at radius 1 is 1.25 bits per heavy atom. The number of aryl methyl sites for hydroxylation is 2. The van der Waals surface area contributed by atoms with E-state index in [9.17, 15) is 4.79 Å². The summed E-state index contributed by atoms with van der Waals surface area (Å²) in [6.07, 6.45) is 2.21. The number of amides is 2. The van der Waals surface area contributed by atoms with Crippen LogP contribution in [0.1, 0.15) is 31.0 Å². The third-order valence-corrected chi connectivity index (χ3v) is 4.96. The molecule has 6 nitrogen and oxygen atoms in total. The number of piperazine rings is 1. The number of nitrogens with zero attached hydrogens (tertiary/aromatic N) is 3. The Morgan fingerprint density at radius 2 is 2.00 bits per heavy atom. The van der Waals surface area contributed by atoms with Crippen molar-refractivity contribution < 1.29 is 9.53 Å². The first kappa shape index (κ1) is 17.2. The molecule has 0 unspecified atom stereocenters. The number of carbonyl (C=O) groups is 1. The van der Waals surface area contributed by atoms with Crippen molar-refractivity contribution in [3.05, 3.63) is 23.4 Å².